The van der Waals surface area contributed by atoms with Gasteiger partial charge in [-0.2, -0.15) is 0 Å². The molecule has 0 unspecified atom stereocenters. The second-order valence-corrected chi connectivity index (χ2v) is 6.21. The van der Waals surface area contributed by atoms with Crippen LogP contribution in [0.15, 0.2) is 29.6 Å². The van der Waals surface area contributed by atoms with E-state index >= 15 is 0 Å². The Morgan fingerprint density at radius 1 is 1.30 bits per heavy atom. The van der Waals surface area contributed by atoms with Gasteiger partial charge in [0.05, 0.1) is 11.6 Å². The van der Waals surface area contributed by atoms with Crippen molar-refractivity contribution in [3.63, 3.8) is 0 Å². The SMILES string of the molecule is CCNCc1cc(Cl)cc(Cl)c1OCCc1cccs1. The van der Waals surface area contributed by atoms with Crippen LogP contribution in [0.3, 0.4) is 0 Å². The van der Waals surface area contributed by atoms with E-state index in [2.05, 4.69) is 23.7 Å². The van der Waals surface area contributed by atoms with E-state index in [9.17, 15) is 0 Å². The van der Waals surface area contributed by atoms with Gasteiger partial charge in [-0.3, -0.25) is 0 Å². The van der Waals surface area contributed by atoms with E-state index < -0.39 is 0 Å². The Kier molecular flexibility index (Phi) is 6.17. The summed E-state index contributed by atoms with van der Waals surface area (Å²) in [6, 6.07) is 7.78. The molecule has 1 aromatic heterocycles. The van der Waals surface area contributed by atoms with Gasteiger partial charge in [0.2, 0.25) is 0 Å². The molecular weight excluding hydrogens is 313 g/mol. The Balaban J connectivity index is 2.04. The van der Waals surface area contributed by atoms with E-state index in [1.165, 1.54) is 4.88 Å². The van der Waals surface area contributed by atoms with E-state index in [1.807, 2.05) is 12.1 Å². The molecule has 0 saturated heterocycles. The molecule has 1 heterocycles. The Morgan fingerprint density at radius 2 is 2.15 bits per heavy atom. The summed E-state index contributed by atoms with van der Waals surface area (Å²) in [5, 5.41) is 6.54. The van der Waals surface area contributed by atoms with E-state index in [4.69, 9.17) is 27.9 Å². The van der Waals surface area contributed by atoms with Crippen molar-refractivity contribution < 1.29 is 4.74 Å². The maximum absolute atomic E-state index is 6.24. The average molecular weight is 330 g/mol. The van der Waals surface area contributed by atoms with Gasteiger partial charge in [-0.25, -0.2) is 0 Å². The highest BCUT2D eigenvalue weighted by Gasteiger charge is 2.10. The zero-order valence-corrected chi connectivity index (χ0v) is 13.6. The smallest absolute Gasteiger partial charge is 0.142 e. The zero-order chi connectivity index (χ0) is 14.4. The summed E-state index contributed by atoms with van der Waals surface area (Å²) in [4.78, 5) is 1.31. The minimum atomic E-state index is 0.566. The Labute approximate surface area is 133 Å². The number of ether oxygens (including phenoxy) is 1. The van der Waals surface area contributed by atoms with Crippen molar-refractivity contribution in [1.29, 1.82) is 0 Å². The van der Waals surface area contributed by atoms with Crippen LogP contribution in [0.2, 0.25) is 10.0 Å². The molecule has 2 aromatic rings. The van der Waals surface area contributed by atoms with Crippen molar-refractivity contribution in [3.8, 4) is 5.75 Å². The standard InChI is InChI=1S/C15H17Cl2NOS/c1-2-18-10-11-8-12(16)9-14(17)15(11)19-6-5-13-4-3-7-20-13/h3-4,7-9,18H,2,5-6,10H2,1H3. The largest absolute Gasteiger partial charge is 0.491 e. The summed E-state index contributed by atoms with van der Waals surface area (Å²) in [5.74, 6) is 0.730. The third kappa shape index (κ3) is 4.38. The monoisotopic (exact) mass is 329 g/mol. The number of hydrogen-bond donors (Lipinski definition) is 1. The Bertz CT molecular complexity index is 543. The van der Waals surface area contributed by atoms with Crippen molar-refractivity contribution >= 4 is 34.5 Å². The second-order valence-electron chi connectivity index (χ2n) is 4.33. The molecule has 0 aliphatic heterocycles. The molecule has 0 spiro atoms. The first kappa shape index (κ1) is 15.6. The highest BCUT2D eigenvalue weighted by molar-refractivity contribution is 7.09. The molecule has 0 amide bonds. The maximum Gasteiger partial charge on any atom is 0.142 e. The van der Waals surface area contributed by atoms with Crippen molar-refractivity contribution in [2.24, 2.45) is 0 Å². The summed E-state index contributed by atoms with van der Waals surface area (Å²) < 4.78 is 5.87. The molecule has 0 saturated carbocycles. The van der Waals surface area contributed by atoms with Crippen LogP contribution in [-0.2, 0) is 13.0 Å². The third-order valence-electron chi connectivity index (χ3n) is 2.83. The first-order valence-electron chi connectivity index (χ1n) is 6.54. The molecule has 108 valence electrons. The minimum Gasteiger partial charge on any atom is -0.491 e. The number of benzene rings is 1. The van der Waals surface area contributed by atoms with Crippen molar-refractivity contribution in [3.05, 3.63) is 50.1 Å². The van der Waals surface area contributed by atoms with Crippen molar-refractivity contribution in [2.45, 2.75) is 19.9 Å². The van der Waals surface area contributed by atoms with Gasteiger partial charge in [-0.05, 0) is 30.1 Å². The van der Waals surface area contributed by atoms with Gasteiger partial charge in [-0.1, -0.05) is 36.2 Å². The predicted octanol–water partition coefficient (Wildman–Crippen LogP) is 4.79. The highest BCUT2D eigenvalue weighted by Crippen LogP contribution is 2.32. The molecule has 20 heavy (non-hydrogen) atoms. The first-order chi connectivity index (χ1) is 9.70. The molecular formula is C15H17Cl2NOS. The number of rotatable bonds is 7. The van der Waals surface area contributed by atoms with Crippen LogP contribution < -0.4 is 10.1 Å². The molecule has 0 atom stereocenters. The molecule has 0 aliphatic rings. The predicted molar refractivity (Wildman–Crippen MR) is 87.4 cm³/mol. The maximum atomic E-state index is 6.24. The number of hydrogen-bond acceptors (Lipinski definition) is 3. The number of thiophene rings is 1. The third-order valence-corrected chi connectivity index (χ3v) is 4.26. The van der Waals surface area contributed by atoms with Crippen LogP contribution in [0.25, 0.3) is 0 Å². The van der Waals surface area contributed by atoms with Gasteiger partial charge < -0.3 is 10.1 Å². The number of halogens is 2. The lowest BCUT2D eigenvalue weighted by molar-refractivity contribution is 0.319. The summed E-state index contributed by atoms with van der Waals surface area (Å²) in [6.45, 7) is 4.26. The van der Waals surface area contributed by atoms with Gasteiger partial charge in [0.25, 0.3) is 0 Å². The molecule has 1 aromatic carbocycles. The van der Waals surface area contributed by atoms with Gasteiger partial charge in [0.1, 0.15) is 5.75 Å². The fraction of sp³-hybridized carbons (Fsp3) is 0.333. The molecule has 2 nitrogen and oxygen atoms in total. The first-order valence-corrected chi connectivity index (χ1v) is 8.18. The molecule has 1 N–H and O–H groups in total. The van der Waals surface area contributed by atoms with E-state index in [0.29, 0.717) is 23.2 Å². The van der Waals surface area contributed by atoms with Crippen LogP contribution in [0, 0.1) is 0 Å². The van der Waals surface area contributed by atoms with Crippen LogP contribution >= 0.6 is 34.5 Å². The molecule has 0 radical (unpaired) electrons. The van der Waals surface area contributed by atoms with E-state index in [0.717, 1.165) is 24.3 Å². The van der Waals surface area contributed by atoms with Gasteiger partial charge in [0, 0.05) is 28.4 Å². The molecule has 2 rings (SSSR count). The second kappa shape index (κ2) is 7.89. The summed E-state index contributed by atoms with van der Waals surface area (Å²) in [5.41, 5.74) is 0.996. The van der Waals surface area contributed by atoms with Gasteiger partial charge in [0.15, 0.2) is 0 Å². The summed E-state index contributed by atoms with van der Waals surface area (Å²) in [7, 11) is 0. The topological polar surface area (TPSA) is 21.3 Å². The molecule has 5 heteroatoms. The van der Waals surface area contributed by atoms with Gasteiger partial charge >= 0.3 is 0 Å². The van der Waals surface area contributed by atoms with Crippen LogP contribution in [0.1, 0.15) is 17.4 Å². The van der Waals surface area contributed by atoms with Crippen LogP contribution in [0.4, 0.5) is 0 Å². The molecule has 0 bridgehead atoms. The Morgan fingerprint density at radius 3 is 2.85 bits per heavy atom. The van der Waals surface area contributed by atoms with Crippen molar-refractivity contribution in [2.75, 3.05) is 13.2 Å². The van der Waals surface area contributed by atoms with E-state index in [1.54, 1.807) is 17.4 Å². The Hall–Kier alpha value is -0.740. The fourth-order valence-electron chi connectivity index (χ4n) is 1.87. The van der Waals surface area contributed by atoms with Crippen molar-refractivity contribution in [1.82, 2.24) is 5.32 Å². The number of nitrogens with one attached hydrogen (secondary N) is 1. The summed E-state index contributed by atoms with van der Waals surface area (Å²) >= 11 is 14.0. The van der Waals surface area contributed by atoms with Crippen LogP contribution in [0.5, 0.6) is 5.75 Å². The molecule has 0 fully saturated rings. The lowest BCUT2D eigenvalue weighted by atomic mass is 10.2. The lowest BCUT2D eigenvalue weighted by Crippen LogP contribution is -2.13. The normalized spacial score (nSPS) is 10.8. The average Bonchev–Trinajstić information content (AvgIpc) is 2.92. The molecule has 0 aliphatic carbocycles. The van der Waals surface area contributed by atoms with E-state index in [-0.39, 0.29) is 0 Å². The quantitative estimate of drug-likeness (QED) is 0.788. The fourth-order valence-corrected chi connectivity index (χ4v) is 3.16. The zero-order valence-electron chi connectivity index (χ0n) is 11.3. The lowest BCUT2D eigenvalue weighted by Gasteiger charge is -2.14. The van der Waals surface area contributed by atoms with Gasteiger partial charge in [-0.15, -0.1) is 11.3 Å². The summed E-state index contributed by atoms with van der Waals surface area (Å²) in [6.07, 6.45) is 0.886. The van der Waals surface area contributed by atoms with Crippen LogP contribution in [-0.4, -0.2) is 13.2 Å². The minimum absolute atomic E-state index is 0.566. The highest BCUT2D eigenvalue weighted by atomic mass is 35.5.